The minimum Gasteiger partial charge on any atom is -0.464 e. The van der Waals surface area contributed by atoms with Crippen molar-refractivity contribution in [2.75, 3.05) is 12.5 Å². The first-order valence-corrected chi connectivity index (χ1v) is 4.17. The number of amides is 1. The van der Waals surface area contributed by atoms with Gasteiger partial charge < -0.3 is 10.1 Å². The molecule has 0 aromatic rings. The lowest BCUT2D eigenvalue weighted by Gasteiger charge is -2.10. The Morgan fingerprint density at radius 2 is 2.17 bits per heavy atom. The van der Waals surface area contributed by atoms with Crippen molar-refractivity contribution in [2.45, 2.75) is 19.9 Å². The van der Waals surface area contributed by atoms with E-state index >= 15 is 0 Å². The van der Waals surface area contributed by atoms with Crippen LogP contribution >= 0.6 is 11.6 Å². The van der Waals surface area contributed by atoms with Crippen molar-refractivity contribution in [1.82, 2.24) is 5.32 Å². The summed E-state index contributed by atoms with van der Waals surface area (Å²) in [6.07, 6.45) is 0. The maximum Gasteiger partial charge on any atom is 0.328 e. The zero-order valence-corrected chi connectivity index (χ0v) is 7.85. The molecule has 0 bridgehead atoms. The first-order valence-electron chi connectivity index (χ1n) is 3.63. The molecule has 0 aliphatic carbocycles. The van der Waals surface area contributed by atoms with E-state index in [1.54, 1.807) is 13.8 Å². The summed E-state index contributed by atoms with van der Waals surface area (Å²) in [6.45, 7) is 3.55. The predicted octanol–water partition coefficient (Wildman–Crippen LogP) is 0.293. The first kappa shape index (κ1) is 11.2. The lowest BCUT2D eigenvalue weighted by atomic mass is 10.3. The van der Waals surface area contributed by atoms with Crippen LogP contribution in [0, 0.1) is 0 Å². The smallest absolute Gasteiger partial charge is 0.328 e. The Balaban J connectivity index is 3.78. The van der Waals surface area contributed by atoms with Gasteiger partial charge in [0, 0.05) is 0 Å². The number of carbonyl (C=O) groups is 2. The van der Waals surface area contributed by atoms with Crippen LogP contribution in [0.15, 0.2) is 0 Å². The summed E-state index contributed by atoms with van der Waals surface area (Å²) in [5.74, 6) is -0.975. The van der Waals surface area contributed by atoms with Crippen molar-refractivity contribution in [2.24, 2.45) is 0 Å². The molecule has 0 saturated heterocycles. The van der Waals surface area contributed by atoms with Gasteiger partial charge in [-0.15, -0.1) is 11.6 Å². The number of halogens is 1. The van der Waals surface area contributed by atoms with E-state index in [1.807, 2.05) is 0 Å². The lowest BCUT2D eigenvalue weighted by Crippen LogP contribution is -2.40. The second-order valence-electron chi connectivity index (χ2n) is 2.17. The molecule has 1 N–H and O–H groups in total. The van der Waals surface area contributed by atoms with Crippen molar-refractivity contribution in [1.29, 1.82) is 0 Å². The van der Waals surface area contributed by atoms with Gasteiger partial charge in [0.25, 0.3) is 0 Å². The predicted molar refractivity (Wildman–Crippen MR) is 45.0 cm³/mol. The summed E-state index contributed by atoms with van der Waals surface area (Å²) >= 11 is 5.21. The first-order chi connectivity index (χ1) is 5.61. The van der Waals surface area contributed by atoms with Crippen LogP contribution in [0.4, 0.5) is 0 Å². The highest BCUT2D eigenvalue weighted by atomic mass is 35.5. The van der Waals surface area contributed by atoms with Gasteiger partial charge in [-0.1, -0.05) is 0 Å². The Bertz CT molecular complexity index is 172. The molecule has 5 heteroatoms. The van der Waals surface area contributed by atoms with Gasteiger partial charge in [-0.3, -0.25) is 4.79 Å². The summed E-state index contributed by atoms with van der Waals surface area (Å²) in [5.41, 5.74) is 0. The number of hydrogen-bond acceptors (Lipinski definition) is 3. The number of alkyl halides is 1. The normalized spacial score (nSPS) is 11.9. The van der Waals surface area contributed by atoms with Crippen molar-refractivity contribution in [3.05, 3.63) is 0 Å². The molecule has 0 aliphatic rings. The van der Waals surface area contributed by atoms with E-state index in [0.29, 0.717) is 6.61 Å². The molecule has 4 nitrogen and oxygen atoms in total. The van der Waals surface area contributed by atoms with Gasteiger partial charge in [0.1, 0.15) is 11.9 Å². The maximum atomic E-state index is 10.9. The van der Waals surface area contributed by atoms with Crippen molar-refractivity contribution in [3.63, 3.8) is 0 Å². The molecule has 0 rings (SSSR count). The standard InChI is InChI=1S/C7H12ClNO3/c1-3-12-7(11)5(2)9-6(10)4-8/h5H,3-4H2,1-2H3,(H,9,10). The molecule has 0 radical (unpaired) electrons. The van der Waals surface area contributed by atoms with Gasteiger partial charge >= 0.3 is 5.97 Å². The number of rotatable bonds is 4. The number of nitrogens with one attached hydrogen (secondary N) is 1. The van der Waals surface area contributed by atoms with Crippen molar-refractivity contribution in [3.8, 4) is 0 Å². The number of esters is 1. The summed E-state index contributed by atoms with van der Waals surface area (Å²) in [5, 5.41) is 2.37. The average molecular weight is 194 g/mol. The largest absolute Gasteiger partial charge is 0.464 e. The monoisotopic (exact) mass is 193 g/mol. The fraction of sp³-hybridized carbons (Fsp3) is 0.714. The van der Waals surface area contributed by atoms with Gasteiger partial charge in [0.05, 0.1) is 6.61 Å². The van der Waals surface area contributed by atoms with E-state index in [9.17, 15) is 9.59 Å². The third kappa shape index (κ3) is 4.18. The van der Waals surface area contributed by atoms with Gasteiger partial charge in [-0.2, -0.15) is 0 Å². The quantitative estimate of drug-likeness (QED) is 0.516. The molecular formula is C7H12ClNO3. The van der Waals surface area contributed by atoms with Crippen molar-refractivity contribution >= 4 is 23.5 Å². The third-order valence-corrected chi connectivity index (χ3v) is 1.38. The highest BCUT2D eigenvalue weighted by Crippen LogP contribution is 1.88. The zero-order valence-electron chi connectivity index (χ0n) is 7.09. The van der Waals surface area contributed by atoms with Crippen LogP contribution in [0.3, 0.4) is 0 Å². The Morgan fingerprint density at radius 1 is 1.58 bits per heavy atom. The Labute approximate surface area is 76.2 Å². The SMILES string of the molecule is CCOC(=O)C(C)NC(=O)CCl. The van der Waals surface area contributed by atoms with Crippen LogP contribution in [-0.4, -0.2) is 30.4 Å². The van der Waals surface area contributed by atoms with Crippen LogP contribution in [0.2, 0.25) is 0 Å². The topological polar surface area (TPSA) is 55.4 Å². The van der Waals surface area contributed by atoms with Crippen LogP contribution in [-0.2, 0) is 14.3 Å². The van der Waals surface area contributed by atoms with Crippen molar-refractivity contribution < 1.29 is 14.3 Å². The summed E-state index contributed by atoms with van der Waals surface area (Å²) in [4.78, 5) is 21.6. The van der Waals surface area contributed by atoms with Gasteiger partial charge in [0.2, 0.25) is 5.91 Å². The molecule has 0 aromatic heterocycles. The molecule has 1 unspecified atom stereocenters. The molecular weight excluding hydrogens is 182 g/mol. The molecule has 0 fully saturated rings. The second-order valence-corrected chi connectivity index (χ2v) is 2.44. The molecule has 70 valence electrons. The van der Waals surface area contributed by atoms with Gasteiger partial charge in [0.15, 0.2) is 0 Å². The van der Waals surface area contributed by atoms with Crippen LogP contribution in [0.1, 0.15) is 13.8 Å². The maximum absolute atomic E-state index is 10.9. The second kappa shape index (κ2) is 5.83. The molecule has 1 atom stereocenters. The van der Waals surface area contributed by atoms with Crippen LogP contribution in [0.5, 0.6) is 0 Å². The Morgan fingerprint density at radius 3 is 2.58 bits per heavy atom. The van der Waals surface area contributed by atoms with E-state index in [2.05, 4.69) is 10.1 Å². The van der Waals surface area contributed by atoms with Crippen LogP contribution < -0.4 is 5.32 Å². The Kier molecular flexibility index (Phi) is 5.45. The molecule has 12 heavy (non-hydrogen) atoms. The minimum absolute atomic E-state index is 0.149. The van der Waals surface area contributed by atoms with E-state index < -0.39 is 12.0 Å². The third-order valence-electron chi connectivity index (χ3n) is 1.14. The number of hydrogen-bond donors (Lipinski definition) is 1. The highest BCUT2D eigenvalue weighted by molar-refractivity contribution is 6.27. The molecule has 1 amide bonds. The molecule has 0 saturated carbocycles. The highest BCUT2D eigenvalue weighted by Gasteiger charge is 2.15. The fourth-order valence-electron chi connectivity index (χ4n) is 0.606. The molecule has 0 heterocycles. The minimum atomic E-state index is -0.629. The number of ether oxygens (including phenoxy) is 1. The van der Waals surface area contributed by atoms with E-state index in [0.717, 1.165) is 0 Å². The summed E-state index contributed by atoms with van der Waals surface area (Å²) in [6, 6.07) is -0.629. The number of carbonyl (C=O) groups excluding carboxylic acids is 2. The molecule has 0 aliphatic heterocycles. The van der Waals surface area contributed by atoms with Gasteiger partial charge in [-0.05, 0) is 13.8 Å². The summed E-state index contributed by atoms with van der Waals surface area (Å²) in [7, 11) is 0. The zero-order chi connectivity index (χ0) is 9.56. The summed E-state index contributed by atoms with van der Waals surface area (Å²) < 4.78 is 4.65. The lowest BCUT2D eigenvalue weighted by molar-refractivity contribution is -0.146. The van der Waals surface area contributed by atoms with Gasteiger partial charge in [-0.25, -0.2) is 4.79 Å². The van der Waals surface area contributed by atoms with E-state index in [4.69, 9.17) is 11.6 Å². The molecule has 0 spiro atoms. The van der Waals surface area contributed by atoms with Crippen LogP contribution in [0.25, 0.3) is 0 Å². The van der Waals surface area contributed by atoms with E-state index in [-0.39, 0.29) is 11.8 Å². The van der Waals surface area contributed by atoms with E-state index in [1.165, 1.54) is 0 Å². The molecule has 0 aromatic carbocycles. The average Bonchev–Trinajstić information content (AvgIpc) is 2.04. The Hall–Kier alpha value is -0.770. The fourth-order valence-corrected chi connectivity index (χ4v) is 0.683.